The lowest BCUT2D eigenvalue weighted by molar-refractivity contribution is -0.117. The molecule has 1 fully saturated rings. The van der Waals surface area contributed by atoms with E-state index in [1.807, 2.05) is 24.3 Å². The number of aromatic nitrogens is 4. The first-order chi connectivity index (χ1) is 10.3. The molecule has 1 saturated heterocycles. The zero-order valence-corrected chi connectivity index (χ0v) is 12.9. The molecular weight excluding hydrogens is 304 g/mol. The molecular formula is C14H19ClN6O. The molecule has 1 aromatic heterocycles. The Hall–Kier alpha value is -1.99. The first-order valence-corrected chi connectivity index (χ1v) is 7.15. The summed E-state index contributed by atoms with van der Waals surface area (Å²) in [6, 6.07) is 7.49. The highest BCUT2D eigenvalue weighted by molar-refractivity contribution is 5.91. The summed E-state index contributed by atoms with van der Waals surface area (Å²) in [5.41, 5.74) is 1.58. The second-order valence-corrected chi connectivity index (χ2v) is 5.25. The maximum Gasteiger partial charge on any atom is 0.224 e. The van der Waals surface area contributed by atoms with E-state index < -0.39 is 0 Å². The Bertz CT molecular complexity index is 597. The number of carbonyl (C=O) groups excluding carboxylic acids is 1. The van der Waals surface area contributed by atoms with Crippen LogP contribution < -0.4 is 10.6 Å². The van der Waals surface area contributed by atoms with E-state index in [9.17, 15) is 4.79 Å². The third-order valence-electron chi connectivity index (χ3n) is 3.68. The molecule has 2 heterocycles. The maximum absolute atomic E-state index is 12.1. The van der Waals surface area contributed by atoms with Gasteiger partial charge in [0.2, 0.25) is 5.91 Å². The van der Waals surface area contributed by atoms with Gasteiger partial charge < -0.3 is 10.6 Å². The molecule has 7 nitrogen and oxygen atoms in total. The third kappa shape index (κ3) is 4.25. The van der Waals surface area contributed by atoms with Crippen molar-refractivity contribution >= 4 is 24.0 Å². The van der Waals surface area contributed by atoms with E-state index in [1.165, 1.54) is 6.33 Å². The van der Waals surface area contributed by atoms with Crippen LogP contribution in [0.15, 0.2) is 30.6 Å². The van der Waals surface area contributed by atoms with Crippen molar-refractivity contribution in [3.8, 4) is 5.69 Å². The minimum absolute atomic E-state index is 0. The molecule has 3 rings (SSSR count). The number of anilines is 1. The lowest BCUT2D eigenvalue weighted by Crippen LogP contribution is -2.30. The summed E-state index contributed by atoms with van der Waals surface area (Å²) in [7, 11) is 0. The molecule has 0 unspecified atom stereocenters. The first kappa shape index (κ1) is 16.4. The number of carbonyl (C=O) groups is 1. The number of benzene rings is 1. The Morgan fingerprint density at radius 3 is 2.91 bits per heavy atom. The number of hydrogen-bond donors (Lipinski definition) is 2. The minimum Gasteiger partial charge on any atom is -0.326 e. The smallest absolute Gasteiger partial charge is 0.224 e. The van der Waals surface area contributed by atoms with Gasteiger partial charge in [0, 0.05) is 12.1 Å². The number of amides is 1. The standard InChI is InChI=1S/C14H18N6O.ClH/c21-14(8-11-4-6-15-7-5-11)17-12-2-1-3-13(9-12)20-10-16-18-19-20;/h1-3,9-11,15H,4-8H2,(H,17,21);1H. The molecule has 0 saturated carbocycles. The summed E-state index contributed by atoms with van der Waals surface area (Å²) in [6.45, 7) is 2.01. The fourth-order valence-electron chi connectivity index (χ4n) is 2.57. The van der Waals surface area contributed by atoms with E-state index in [4.69, 9.17) is 0 Å². The molecule has 8 heteroatoms. The minimum atomic E-state index is 0. The van der Waals surface area contributed by atoms with Crippen molar-refractivity contribution in [2.75, 3.05) is 18.4 Å². The third-order valence-corrected chi connectivity index (χ3v) is 3.68. The summed E-state index contributed by atoms with van der Waals surface area (Å²) in [6.07, 6.45) is 4.24. The largest absolute Gasteiger partial charge is 0.326 e. The number of rotatable bonds is 4. The fraction of sp³-hybridized carbons (Fsp3) is 0.429. The first-order valence-electron chi connectivity index (χ1n) is 7.15. The van der Waals surface area contributed by atoms with Crippen LogP contribution in [0.1, 0.15) is 19.3 Å². The normalized spacial score (nSPS) is 15.1. The van der Waals surface area contributed by atoms with E-state index in [1.54, 1.807) is 4.68 Å². The Kier molecular flexibility index (Phi) is 5.85. The van der Waals surface area contributed by atoms with Crippen molar-refractivity contribution in [2.45, 2.75) is 19.3 Å². The summed E-state index contributed by atoms with van der Waals surface area (Å²) in [5, 5.41) is 17.3. The molecule has 0 spiro atoms. The predicted molar refractivity (Wildman–Crippen MR) is 85.2 cm³/mol. The van der Waals surface area contributed by atoms with Crippen LogP contribution >= 0.6 is 12.4 Å². The van der Waals surface area contributed by atoms with Crippen molar-refractivity contribution < 1.29 is 4.79 Å². The molecule has 0 atom stereocenters. The van der Waals surface area contributed by atoms with E-state index >= 15 is 0 Å². The lowest BCUT2D eigenvalue weighted by atomic mass is 9.94. The van der Waals surface area contributed by atoms with Gasteiger partial charge in [0.05, 0.1) is 5.69 Å². The van der Waals surface area contributed by atoms with Gasteiger partial charge in [-0.1, -0.05) is 6.07 Å². The number of halogens is 1. The summed E-state index contributed by atoms with van der Waals surface area (Å²) >= 11 is 0. The number of tetrazole rings is 1. The second-order valence-electron chi connectivity index (χ2n) is 5.25. The Morgan fingerprint density at radius 1 is 1.36 bits per heavy atom. The molecule has 2 aromatic rings. The van der Waals surface area contributed by atoms with Crippen LogP contribution in [0, 0.1) is 5.92 Å². The summed E-state index contributed by atoms with van der Waals surface area (Å²) in [4.78, 5) is 12.1. The van der Waals surface area contributed by atoms with Gasteiger partial charge in [-0.15, -0.1) is 17.5 Å². The topological polar surface area (TPSA) is 84.7 Å². The molecule has 1 amide bonds. The average molecular weight is 323 g/mol. The van der Waals surface area contributed by atoms with Crippen molar-refractivity contribution in [1.29, 1.82) is 0 Å². The molecule has 0 radical (unpaired) electrons. The fourth-order valence-corrected chi connectivity index (χ4v) is 2.57. The molecule has 1 aliphatic heterocycles. The molecule has 1 aromatic carbocycles. The van der Waals surface area contributed by atoms with Gasteiger partial charge in [0.15, 0.2) is 0 Å². The quantitative estimate of drug-likeness (QED) is 0.889. The van der Waals surface area contributed by atoms with Crippen molar-refractivity contribution in [3.63, 3.8) is 0 Å². The molecule has 0 bridgehead atoms. The van der Waals surface area contributed by atoms with Crippen LogP contribution in [-0.4, -0.2) is 39.2 Å². The highest BCUT2D eigenvalue weighted by Gasteiger charge is 2.16. The van der Waals surface area contributed by atoms with Crippen LogP contribution in [0.5, 0.6) is 0 Å². The van der Waals surface area contributed by atoms with Crippen LogP contribution in [0.25, 0.3) is 5.69 Å². The van der Waals surface area contributed by atoms with Gasteiger partial charge in [-0.2, -0.15) is 0 Å². The van der Waals surface area contributed by atoms with Crippen LogP contribution in [-0.2, 0) is 4.79 Å². The monoisotopic (exact) mass is 322 g/mol. The van der Waals surface area contributed by atoms with Gasteiger partial charge >= 0.3 is 0 Å². The zero-order chi connectivity index (χ0) is 14.5. The van der Waals surface area contributed by atoms with Gasteiger partial charge in [0.1, 0.15) is 6.33 Å². The van der Waals surface area contributed by atoms with Crippen molar-refractivity contribution in [2.24, 2.45) is 5.92 Å². The summed E-state index contributed by atoms with van der Waals surface area (Å²) in [5.74, 6) is 0.546. The maximum atomic E-state index is 12.1. The zero-order valence-electron chi connectivity index (χ0n) is 12.1. The van der Waals surface area contributed by atoms with Crippen LogP contribution in [0.4, 0.5) is 5.69 Å². The molecule has 0 aliphatic carbocycles. The average Bonchev–Trinajstić information content (AvgIpc) is 3.02. The summed E-state index contributed by atoms with van der Waals surface area (Å²) < 4.78 is 1.56. The number of nitrogens with one attached hydrogen (secondary N) is 2. The highest BCUT2D eigenvalue weighted by Crippen LogP contribution is 2.18. The Balaban J connectivity index is 0.00000176. The van der Waals surface area contributed by atoms with Gasteiger partial charge in [-0.3, -0.25) is 4.79 Å². The van der Waals surface area contributed by atoms with Crippen LogP contribution in [0.2, 0.25) is 0 Å². The van der Waals surface area contributed by atoms with E-state index in [2.05, 4.69) is 26.2 Å². The SMILES string of the molecule is Cl.O=C(CC1CCNCC1)Nc1cccc(-n2cnnn2)c1. The van der Waals surface area contributed by atoms with Crippen LogP contribution in [0.3, 0.4) is 0 Å². The second kappa shape index (κ2) is 7.86. The van der Waals surface area contributed by atoms with E-state index in [-0.39, 0.29) is 18.3 Å². The number of hydrogen-bond acceptors (Lipinski definition) is 5. The predicted octanol–water partition coefficient (Wildman–Crippen LogP) is 1.41. The molecule has 22 heavy (non-hydrogen) atoms. The van der Waals surface area contributed by atoms with Gasteiger partial charge in [0.25, 0.3) is 0 Å². The van der Waals surface area contributed by atoms with E-state index in [0.717, 1.165) is 37.3 Å². The van der Waals surface area contributed by atoms with Gasteiger partial charge in [-0.25, -0.2) is 4.68 Å². The Morgan fingerprint density at radius 2 is 2.18 bits per heavy atom. The number of piperidine rings is 1. The van der Waals surface area contributed by atoms with E-state index in [0.29, 0.717) is 12.3 Å². The lowest BCUT2D eigenvalue weighted by Gasteiger charge is -2.21. The Labute approximate surface area is 134 Å². The van der Waals surface area contributed by atoms with Crippen molar-refractivity contribution in [3.05, 3.63) is 30.6 Å². The molecule has 2 N–H and O–H groups in total. The molecule has 118 valence electrons. The van der Waals surface area contributed by atoms with Gasteiger partial charge in [-0.05, 0) is 60.5 Å². The van der Waals surface area contributed by atoms with Crippen molar-refractivity contribution in [1.82, 2.24) is 25.5 Å². The molecule has 1 aliphatic rings. The number of nitrogens with zero attached hydrogens (tertiary/aromatic N) is 4. The highest BCUT2D eigenvalue weighted by atomic mass is 35.5.